The monoisotopic (exact) mass is 903 g/mol. The number of carbonyl (C=O) groups excluding carboxylic acids is 6. The lowest BCUT2D eigenvalue weighted by Crippen LogP contribution is -2.64. The van der Waals surface area contributed by atoms with E-state index in [1.54, 1.807) is 39.5 Å². The van der Waals surface area contributed by atoms with Crippen LogP contribution in [0.5, 0.6) is 0 Å². The molecule has 2 aromatic carbocycles. The predicted octanol–water partition coefficient (Wildman–Crippen LogP) is 4.30. The number of carboxylic acid groups (broad SMARTS) is 1. The van der Waals surface area contributed by atoms with Gasteiger partial charge in [-0.25, -0.2) is 0 Å². The molecule has 1 aliphatic carbocycles. The summed E-state index contributed by atoms with van der Waals surface area (Å²) in [7, 11) is 0. The number of carbonyl (C=O) groups is 7. The summed E-state index contributed by atoms with van der Waals surface area (Å²) in [5.74, 6) is -6.08. The zero-order valence-corrected chi connectivity index (χ0v) is 39.7. The van der Waals surface area contributed by atoms with Crippen molar-refractivity contribution >= 4 is 41.4 Å². The molecule has 1 saturated heterocycles. The van der Waals surface area contributed by atoms with Crippen molar-refractivity contribution < 1.29 is 43.8 Å². The highest BCUT2D eigenvalue weighted by atomic mass is 16.4. The summed E-state index contributed by atoms with van der Waals surface area (Å²) in [6, 6.07) is 13.0. The molecule has 4 unspecified atom stereocenters. The number of aliphatic hydroxyl groups is 1. The van der Waals surface area contributed by atoms with Crippen molar-refractivity contribution in [2.75, 3.05) is 19.7 Å². The average Bonchev–Trinajstić information content (AvgIpc) is 3.97. The normalized spacial score (nSPS) is 17.4. The van der Waals surface area contributed by atoms with E-state index < -0.39 is 101 Å². The average molecular weight is 903 g/mol. The summed E-state index contributed by atoms with van der Waals surface area (Å²) in [6.45, 7) is 15.1. The zero-order valence-electron chi connectivity index (χ0n) is 39.7. The first kappa shape index (κ1) is 52.3. The van der Waals surface area contributed by atoms with Gasteiger partial charge < -0.3 is 41.7 Å². The van der Waals surface area contributed by atoms with Gasteiger partial charge in [0.1, 0.15) is 24.2 Å². The van der Waals surface area contributed by atoms with Crippen LogP contribution in [0.1, 0.15) is 118 Å². The Bertz CT molecular complexity index is 1890. The minimum Gasteiger partial charge on any atom is -0.481 e. The molecule has 2 fully saturated rings. The highest BCUT2D eigenvalue weighted by Gasteiger charge is 2.53. The minimum atomic E-state index is -1.69. The number of nitrogens with one attached hydrogen (secondary N) is 5. The van der Waals surface area contributed by atoms with Crippen molar-refractivity contribution in [2.45, 2.75) is 150 Å². The largest absolute Gasteiger partial charge is 0.481 e. The van der Waals surface area contributed by atoms with Crippen molar-refractivity contribution in [3.05, 3.63) is 71.8 Å². The molecule has 5 atom stereocenters. The topological polar surface area (TPSA) is 223 Å². The van der Waals surface area contributed by atoms with Crippen LogP contribution in [0.4, 0.5) is 0 Å². The Morgan fingerprint density at radius 1 is 0.662 bits per heavy atom. The van der Waals surface area contributed by atoms with Crippen LogP contribution >= 0.6 is 0 Å². The van der Waals surface area contributed by atoms with Gasteiger partial charge in [0.2, 0.25) is 35.4 Å². The van der Waals surface area contributed by atoms with Crippen molar-refractivity contribution in [3.8, 4) is 0 Å². The van der Waals surface area contributed by atoms with E-state index in [0.29, 0.717) is 45.2 Å². The Morgan fingerprint density at radius 2 is 1.20 bits per heavy atom. The first-order valence-corrected chi connectivity index (χ1v) is 23.3. The van der Waals surface area contributed by atoms with Gasteiger partial charge in [-0.15, -0.1) is 0 Å². The molecule has 0 bridgehead atoms. The molecule has 15 nitrogen and oxygen atoms in total. The van der Waals surface area contributed by atoms with Crippen LogP contribution in [-0.4, -0.2) is 106 Å². The highest BCUT2D eigenvalue weighted by molar-refractivity contribution is 5.99. The summed E-state index contributed by atoms with van der Waals surface area (Å²) < 4.78 is 0. The number of benzene rings is 2. The Hall–Kier alpha value is -5.31. The van der Waals surface area contributed by atoms with Crippen molar-refractivity contribution in [3.63, 3.8) is 0 Å². The predicted molar refractivity (Wildman–Crippen MR) is 248 cm³/mol. The maximum absolute atomic E-state index is 14.5. The quantitative estimate of drug-likeness (QED) is 0.0948. The number of aliphatic hydroxyl groups excluding tert-OH is 1. The second-order valence-corrected chi connectivity index (χ2v) is 20.7. The van der Waals surface area contributed by atoms with E-state index >= 15 is 0 Å². The van der Waals surface area contributed by atoms with E-state index in [-0.39, 0.29) is 24.2 Å². The third-order valence-electron chi connectivity index (χ3n) is 12.6. The third kappa shape index (κ3) is 15.1. The molecule has 6 amide bonds. The molecule has 7 N–H and O–H groups in total. The molecule has 1 aliphatic heterocycles. The molecular formula is C50H74N6O9. The molecule has 15 heteroatoms. The molecule has 1 heterocycles. The standard InChI is InChI=1S/C50H74N6O9/c1-32(2)39(53-42(59)35(27-33-19-11-9-12-20-33)28-34-21-13-10-14-22-34)44(61)54-40(49(6,7)8)45(62)52-37(29-38(58)56-25-17-18-26-56)43(60)55-41(50(47(64)65)23-15-16-24-50)46(63)51-36(31-57)30-48(3,4)5/h9-14,19-22,32,35-37,39-41,57H,15-18,23-31H2,1-8H3,(H,51,63)(H,52,62)(H,53,59)(H,54,61)(H,55,60)(H,64,65)/t36?,37?,39?,40?,41-/m1/s1. The second-order valence-electron chi connectivity index (χ2n) is 20.7. The number of aliphatic carboxylic acids is 1. The Labute approximate surface area is 385 Å². The molecule has 2 aliphatic rings. The fourth-order valence-electron chi connectivity index (χ4n) is 9.02. The first-order chi connectivity index (χ1) is 30.5. The van der Waals surface area contributed by atoms with E-state index in [2.05, 4.69) is 26.6 Å². The lowest BCUT2D eigenvalue weighted by Gasteiger charge is -2.36. The lowest BCUT2D eigenvalue weighted by atomic mass is 9.77. The number of hydrogen-bond donors (Lipinski definition) is 7. The smallest absolute Gasteiger partial charge is 0.312 e. The number of carboxylic acids is 1. The fourth-order valence-corrected chi connectivity index (χ4v) is 9.02. The van der Waals surface area contributed by atoms with Gasteiger partial charge in [-0.1, -0.05) is 129 Å². The lowest BCUT2D eigenvalue weighted by molar-refractivity contribution is -0.155. The number of likely N-dealkylation sites (tertiary alicyclic amines) is 1. The number of hydrogen-bond acceptors (Lipinski definition) is 8. The van der Waals surface area contributed by atoms with Gasteiger partial charge in [0.25, 0.3) is 0 Å². The number of amides is 6. The zero-order chi connectivity index (χ0) is 48.1. The minimum absolute atomic E-state index is 0.0957. The first-order valence-electron chi connectivity index (χ1n) is 23.3. The highest BCUT2D eigenvalue weighted by Crippen LogP contribution is 2.42. The summed E-state index contributed by atoms with van der Waals surface area (Å²) in [4.78, 5) is 99.9. The summed E-state index contributed by atoms with van der Waals surface area (Å²) in [5.41, 5.74) is -1.03. The Kier molecular flexibility index (Phi) is 18.7. The van der Waals surface area contributed by atoms with Crippen LogP contribution in [0.2, 0.25) is 0 Å². The van der Waals surface area contributed by atoms with Gasteiger partial charge in [-0.05, 0) is 72.8 Å². The van der Waals surface area contributed by atoms with Crippen LogP contribution in [-0.2, 0) is 46.4 Å². The number of nitrogens with zero attached hydrogens (tertiary/aromatic N) is 1. The van der Waals surface area contributed by atoms with E-state index in [4.69, 9.17) is 0 Å². The van der Waals surface area contributed by atoms with Crippen LogP contribution in [0, 0.1) is 28.1 Å². The summed E-state index contributed by atoms with van der Waals surface area (Å²) in [5, 5.41) is 34.8. The molecule has 0 radical (unpaired) electrons. The SMILES string of the molecule is CC(C)C(NC(=O)C(Cc1ccccc1)Cc1ccccc1)C(=O)NC(C(=O)NC(CC(=O)N1CCCC1)C(=O)N[C@H](C(=O)NC(CO)CC(C)(C)C)C1(C(=O)O)CCCC1)C(C)(C)C. The third-order valence-corrected chi connectivity index (χ3v) is 12.6. The molecule has 65 heavy (non-hydrogen) atoms. The van der Waals surface area contributed by atoms with Gasteiger partial charge >= 0.3 is 5.97 Å². The molecule has 4 rings (SSSR count). The maximum atomic E-state index is 14.5. The van der Waals surface area contributed by atoms with E-state index in [9.17, 15) is 43.8 Å². The van der Waals surface area contributed by atoms with E-state index in [1.807, 2.05) is 81.4 Å². The summed E-state index contributed by atoms with van der Waals surface area (Å²) in [6.07, 6.45) is 3.44. The van der Waals surface area contributed by atoms with Crippen LogP contribution in [0.3, 0.4) is 0 Å². The summed E-state index contributed by atoms with van der Waals surface area (Å²) >= 11 is 0. The Balaban J connectivity index is 1.62. The van der Waals surface area contributed by atoms with Gasteiger partial charge in [-0.3, -0.25) is 33.6 Å². The van der Waals surface area contributed by atoms with Crippen molar-refractivity contribution in [1.29, 1.82) is 0 Å². The molecule has 1 saturated carbocycles. The maximum Gasteiger partial charge on any atom is 0.312 e. The van der Waals surface area contributed by atoms with Crippen molar-refractivity contribution in [2.24, 2.45) is 28.1 Å². The molecular weight excluding hydrogens is 829 g/mol. The van der Waals surface area contributed by atoms with Gasteiger partial charge in [0.05, 0.1) is 24.5 Å². The molecule has 0 spiro atoms. The molecule has 0 aromatic heterocycles. The molecule has 2 aromatic rings. The van der Waals surface area contributed by atoms with Gasteiger partial charge in [0, 0.05) is 19.0 Å². The van der Waals surface area contributed by atoms with Gasteiger partial charge in [0.15, 0.2) is 0 Å². The Morgan fingerprint density at radius 3 is 1.66 bits per heavy atom. The van der Waals surface area contributed by atoms with Crippen LogP contribution in [0.25, 0.3) is 0 Å². The number of rotatable bonds is 21. The molecule has 358 valence electrons. The van der Waals surface area contributed by atoms with E-state index in [0.717, 1.165) is 24.0 Å². The van der Waals surface area contributed by atoms with Crippen LogP contribution in [0.15, 0.2) is 60.7 Å². The van der Waals surface area contributed by atoms with Crippen LogP contribution < -0.4 is 26.6 Å². The fraction of sp³-hybridized carbons (Fsp3) is 0.620. The second kappa shape index (κ2) is 23.2. The van der Waals surface area contributed by atoms with Crippen molar-refractivity contribution in [1.82, 2.24) is 31.5 Å². The van der Waals surface area contributed by atoms with Gasteiger partial charge in [-0.2, -0.15) is 0 Å². The van der Waals surface area contributed by atoms with E-state index in [1.165, 1.54) is 0 Å².